The van der Waals surface area contributed by atoms with Crippen molar-refractivity contribution in [2.75, 3.05) is 0 Å². The Kier molecular flexibility index (Phi) is 7.80. The lowest BCUT2D eigenvalue weighted by Gasteiger charge is -2.21. The molecule has 0 bridgehead atoms. The molecule has 0 aliphatic heterocycles. The van der Waals surface area contributed by atoms with Gasteiger partial charge in [0.1, 0.15) is 11.2 Å². The summed E-state index contributed by atoms with van der Waals surface area (Å²) in [6, 6.07) is 66.0. The molecule has 2 heterocycles. The molecule has 11 rings (SSSR count). The summed E-state index contributed by atoms with van der Waals surface area (Å²) in [5.74, 6) is 1.89. The maximum atomic E-state index is 6.87. The zero-order chi connectivity index (χ0) is 38.8. The van der Waals surface area contributed by atoms with E-state index in [2.05, 4.69) is 178 Å². The van der Waals surface area contributed by atoms with E-state index in [0.29, 0.717) is 17.5 Å². The van der Waals surface area contributed by atoms with Crippen molar-refractivity contribution in [1.29, 1.82) is 0 Å². The van der Waals surface area contributed by atoms with Crippen LogP contribution in [0.25, 0.3) is 101 Å². The van der Waals surface area contributed by atoms with Gasteiger partial charge in [0.15, 0.2) is 17.5 Å². The summed E-state index contributed by atoms with van der Waals surface area (Å²) in [4.78, 5) is 15.3. The van der Waals surface area contributed by atoms with Gasteiger partial charge in [-0.05, 0) is 56.6 Å². The van der Waals surface area contributed by atoms with Crippen molar-refractivity contribution in [2.24, 2.45) is 0 Å². The van der Waals surface area contributed by atoms with Crippen molar-refractivity contribution in [2.45, 2.75) is 19.3 Å². The van der Waals surface area contributed by atoms with Gasteiger partial charge in [-0.3, -0.25) is 0 Å². The highest BCUT2D eigenvalue weighted by atomic mass is 16.3. The minimum absolute atomic E-state index is 0.0806. The fraction of sp³-hybridized carbons (Fsp3) is 0.0556. The SMILES string of the molecule is CC1(C)c2ccccc2-c2cc(-c3nc(-c4ccccc4)nc(-c4cccc(-c5cccc6c5oc5c(-c7ccc(-c8ccccc8)cc7)cccc56)c4)n3)ccc21. The van der Waals surface area contributed by atoms with Crippen molar-refractivity contribution in [3.8, 4) is 78.7 Å². The minimum atomic E-state index is -0.0806. The number of benzene rings is 8. The fourth-order valence-electron chi connectivity index (χ4n) is 8.78. The Balaban J connectivity index is 1.01. The lowest BCUT2D eigenvalue weighted by Crippen LogP contribution is -2.14. The molecule has 0 radical (unpaired) electrons. The Bertz CT molecular complexity index is 3180. The summed E-state index contributed by atoms with van der Waals surface area (Å²) in [5.41, 5.74) is 16.2. The Hall–Kier alpha value is -7.43. The van der Waals surface area contributed by atoms with Crippen LogP contribution in [0.3, 0.4) is 0 Å². The third-order valence-corrected chi connectivity index (χ3v) is 11.8. The molecular weight excluding hydrogens is 707 g/mol. The first-order chi connectivity index (χ1) is 28.5. The average Bonchev–Trinajstić information content (AvgIpc) is 3.79. The molecular formula is C54H37N3O. The van der Waals surface area contributed by atoms with E-state index in [1.54, 1.807) is 0 Å². The molecule has 1 aliphatic rings. The van der Waals surface area contributed by atoms with E-state index in [-0.39, 0.29) is 5.41 Å². The molecule has 0 spiro atoms. The van der Waals surface area contributed by atoms with Gasteiger partial charge in [0.2, 0.25) is 0 Å². The summed E-state index contributed by atoms with van der Waals surface area (Å²) < 4.78 is 6.87. The Morgan fingerprint density at radius 1 is 0.328 bits per heavy atom. The number of nitrogens with zero attached hydrogens (tertiary/aromatic N) is 3. The van der Waals surface area contributed by atoms with Crippen molar-refractivity contribution in [3.05, 3.63) is 199 Å². The van der Waals surface area contributed by atoms with Crippen molar-refractivity contribution in [3.63, 3.8) is 0 Å². The fourth-order valence-corrected chi connectivity index (χ4v) is 8.78. The van der Waals surface area contributed by atoms with Crippen LogP contribution >= 0.6 is 0 Å². The number of hydrogen-bond donors (Lipinski definition) is 0. The van der Waals surface area contributed by atoms with Gasteiger partial charge in [0.05, 0.1) is 0 Å². The molecule has 0 atom stereocenters. The Morgan fingerprint density at radius 3 is 1.47 bits per heavy atom. The summed E-state index contributed by atoms with van der Waals surface area (Å²) >= 11 is 0. The lowest BCUT2D eigenvalue weighted by molar-refractivity contribution is 0.660. The predicted molar refractivity (Wildman–Crippen MR) is 237 cm³/mol. The number of hydrogen-bond acceptors (Lipinski definition) is 4. The van der Waals surface area contributed by atoms with Crippen LogP contribution < -0.4 is 0 Å². The summed E-state index contributed by atoms with van der Waals surface area (Å²) in [5, 5.41) is 2.17. The van der Waals surface area contributed by atoms with Crippen LogP contribution in [0.4, 0.5) is 0 Å². The van der Waals surface area contributed by atoms with Gasteiger partial charge in [-0.2, -0.15) is 0 Å². The number of para-hydroxylation sites is 2. The largest absolute Gasteiger partial charge is 0.455 e. The third-order valence-electron chi connectivity index (χ3n) is 11.8. The van der Waals surface area contributed by atoms with E-state index in [9.17, 15) is 0 Å². The predicted octanol–water partition coefficient (Wildman–Crippen LogP) is 14.1. The van der Waals surface area contributed by atoms with Crippen molar-refractivity contribution in [1.82, 2.24) is 15.0 Å². The molecule has 4 nitrogen and oxygen atoms in total. The van der Waals surface area contributed by atoms with E-state index < -0.39 is 0 Å². The molecule has 58 heavy (non-hydrogen) atoms. The zero-order valence-corrected chi connectivity index (χ0v) is 32.1. The molecule has 274 valence electrons. The number of fused-ring (bicyclic) bond motifs is 6. The number of rotatable bonds is 6. The minimum Gasteiger partial charge on any atom is -0.455 e. The molecule has 0 saturated carbocycles. The third kappa shape index (κ3) is 5.56. The maximum Gasteiger partial charge on any atom is 0.164 e. The van der Waals surface area contributed by atoms with E-state index in [0.717, 1.165) is 60.9 Å². The van der Waals surface area contributed by atoms with Gasteiger partial charge < -0.3 is 4.42 Å². The van der Waals surface area contributed by atoms with Gasteiger partial charge in [0.25, 0.3) is 0 Å². The van der Waals surface area contributed by atoms with Crippen molar-refractivity contribution >= 4 is 21.9 Å². The van der Waals surface area contributed by atoms with Gasteiger partial charge >= 0.3 is 0 Å². The monoisotopic (exact) mass is 743 g/mol. The van der Waals surface area contributed by atoms with E-state index >= 15 is 0 Å². The topological polar surface area (TPSA) is 51.8 Å². The molecule has 10 aromatic rings. The summed E-state index contributed by atoms with van der Waals surface area (Å²) in [6.07, 6.45) is 0. The van der Waals surface area contributed by atoms with Gasteiger partial charge in [-0.15, -0.1) is 0 Å². The van der Waals surface area contributed by atoms with Gasteiger partial charge in [-0.25, -0.2) is 15.0 Å². The molecule has 4 heteroatoms. The standard InChI is InChI=1S/C54H37N3O/c1-54(2)47-25-10-9-20-43(47)46-33-40(30-31-48(46)54)53-56-51(37-16-7-4-8-17-37)55-52(57-53)39-19-11-18-38(32-39)42-22-13-24-45-44-23-12-21-41(49(44)58-50(42)45)36-28-26-35(27-29-36)34-14-5-3-6-15-34/h3-33H,1-2H3. The lowest BCUT2D eigenvalue weighted by atomic mass is 9.82. The molecule has 0 amide bonds. The van der Waals surface area contributed by atoms with Crippen LogP contribution in [0.5, 0.6) is 0 Å². The normalized spacial score (nSPS) is 12.8. The molecule has 0 fully saturated rings. The van der Waals surface area contributed by atoms with Crippen LogP contribution in [0.15, 0.2) is 192 Å². The highest BCUT2D eigenvalue weighted by Gasteiger charge is 2.35. The molecule has 0 N–H and O–H groups in total. The number of furan rings is 1. The number of aromatic nitrogens is 3. The van der Waals surface area contributed by atoms with Gasteiger partial charge in [-0.1, -0.05) is 190 Å². The van der Waals surface area contributed by atoms with E-state index in [1.165, 1.54) is 33.4 Å². The second-order valence-electron chi connectivity index (χ2n) is 15.6. The van der Waals surface area contributed by atoms with Crippen LogP contribution in [0.2, 0.25) is 0 Å². The Morgan fingerprint density at radius 2 is 0.776 bits per heavy atom. The molecule has 2 aromatic heterocycles. The van der Waals surface area contributed by atoms with Crippen LogP contribution in [0.1, 0.15) is 25.0 Å². The van der Waals surface area contributed by atoms with Crippen LogP contribution in [-0.2, 0) is 5.41 Å². The van der Waals surface area contributed by atoms with Crippen LogP contribution in [0, 0.1) is 0 Å². The van der Waals surface area contributed by atoms with E-state index in [1.807, 2.05) is 24.3 Å². The van der Waals surface area contributed by atoms with Crippen LogP contribution in [-0.4, -0.2) is 15.0 Å². The smallest absolute Gasteiger partial charge is 0.164 e. The average molecular weight is 744 g/mol. The first-order valence-corrected chi connectivity index (χ1v) is 19.8. The highest BCUT2D eigenvalue weighted by molar-refractivity contribution is 6.13. The molecule has 0 saturated heterocycles. The first kappa shape index (κ1) is 33.9. The summed E-state index contributed by atoms with van der Waals surface area (Å²) in [7, 11) is 0. The van der Waals surface area contributed by atoms with Crippen molar-refractivity contribution < 1.29 is 4.42 Å². The van der Waals surface area contributed by atoms with Gasteiger partial charge in [0, 0.05) is 44.0 Å². The highest BCUT2D eigenvalue weighted by Crippen LogP contribution is 2.49. The zero-order valence-electron chi connectivity index (χ0n) is 32.1. The summed E-state index contributed by atoms with van der Waals surface area (Å²) in [6.45, 7) is 4.60. The second kappa shape index (κ2) is 13.4. The molecule has 1 aliphatic carbocycles. The van der Waals surface area contributed by atoms with E-state index in [4.69, 9.17) is 19.4 Å². The molecule has 0 unspecified atom stereocenters. The maximum absolute atomic E-state index is 6.87. The Labute approximate surface area is 337 Å². The molecule has 8 aromatic carbocycles. The first-order valence-electron chi connectivity index (χ1n) is 19.8. The second-order valence-corrected chi connectivity index (χ2v) is 15.6. The quantitative estimate of drug-likeness (QED) is 0.170.